The van der Waals surface area contributed by atoms with Gasteiger partial charge in [0.1, 0.15) is 5.82 Å². The smallest absolute Gasteiger partial charge is 0.252 e. The van der Waals surface area contributed by atoms with Crippen LogP contribution in [0.1, 0.15) is 23.2 Å². The van der Waals surface area contributed by atoms with E-state index < -0.39 is 5.82 Å². The summed E-state index contributed by atoms with van der Waals surface area (Å²) in [4.78, 5) is 14.2. The van der Waals surface area contributed by atoms with E-state index in [2.05, 4.69) is 33.2 Å². The van der Waals surface area contributed by atoms with Crippen molar-refractivity contribution in [3.8, 4) is 0 Å². The molecule has 1 amide bonds. The SMILES string of the molecule is CN1CCCC1CNC(=O)c1cccc(F)c1Br. The van der Waals surface area contributed by atoms with Gasteiger partial charge < -0.3 is 10.2 Å². The first-order chi connectivity index (χ1) is 8.59. The van der Waals surface area contributed by atoms with Gasteiger partial charge in [0.05, 0.1) is 10.0 Å². The fourth-order valence-corrected chi connectivity index (χ4v) is 2.67. The third kappa shape index (κ3) is 2.90. The molecular formula is C13H16BrFN2O. The van der Waals surface area contributed by atoms with Crippen molar-refractivity contribution in [2.75, 3.05) is 20.1 Å². The molecule has 1 saturated heterocycles. The average molecular weight is 315 g/mol. The summed E-state index contributed by atoms with van der Waals surface area (Å²) >= 11 is 3.10. The van der Waals surface area contributed by atoms with Gasteiger partial charge in [0, 0.05) is 12.6 Å². The number of carbonyl (C=O) groups is 1. The molecule has 1 aliphatic rings. The highest BCUT2D eigenvalue weighted by molar-refractivity contribution is 9.10. The monoisotopic (exact) mass is 314 g/mol. The normalized spacial score (nSPS) is 20.1. The van der Waals surface area contributed by atoms with Crippen molar-refractivity contribution in [1.29, 1.82) is 0 Å². The summed E-state index contributed by atoms with van der Waals surface area (Å²) in [6.07, 6.45) is 2.27. The van der Waals surface area contributed by atoms with Crippen LogP contribution in [-0.2, 0) is 0 Å². The Kier molecular flexibility index (Phi) is 4.35. The van der Waals surface area contributed by atoms with Gasteiger partial charge in [0.15, 0.2) is 0 Å². The van der Waals surface area contributed by atoms with Crippen LogP contribution >= 0.6 is 15.9 Å². The van der Waals surface area contributed by atoms with Gasteiger partial charge in [-0.1, -0.05) is 6.07 Å². The van der Waals surface area contributed by atoms with Crippen LogP contribution in [0.4, 0.5) is 4.39 Å². The summed E-state index contributed by atoms with van der Waals surface area (Å²) < 4.78 is 13.5. The summed E-state index contributed by atoms with van der Waals surface area (Å²) in [6, 6.07) is 4.87. The second-order valence-electron chi connectivity index (χ2n) is 4.59. The standard InChI is InChI=1S/C13H16BrFN2O/c1-17-7-3-4-9(17)8-16-13(18)10-5-2-6-11(15)12(10)14/h2,5-6,9H,3-4,7-8H2,1H3,(H,16,18). The molecule has 1 fully saturated rings. The number of likely N-dealkylation sites (tertiary alicyclic amines) is 1. The number of carbonyl (C=O) groups excluding carboxylic acids is 1. The van der Waals surface area contributed by atoms with Gasteiger partial charge in [0.25, 0.3) is 5.91 Å². The second-order valence-corrected chi connectivity index (χ2v) is 5.38. The fraction of sp³-hybridized carbons (Fsp3) is 0.462. The highest BCUT2D eigenvalue weighted by Gasteiger charge is 2.22. The minimum Gasteiger partial charge on any atom is -0.350 e. The summed E-state index contributed by atoms with van der Waals surface area (Å²) in [5.41, 5.74) is 0.343. The molecule has 1 atom stereocenters. The van der Waals surface area contributed by atoms with Crippen molar-refractivity contribution < 1.29 is 9.18 Å². The van der Waals surface area contributed by atoms with Crippen molar-refractivity contribution in [2.24, 2.45) is 0 Å². The molecule has 0 aliphatic carbocycles. The number of amides is 1. The van der Waals surface area contributed by atoms with Crippen LogP contribution < -0.4 is 5.32 Å². The molecule has 1 aromatic carbocycles. The zero-order valence-corrected chi connectivity index (χ0v) is 11.8. The molecule has 18 heavy (non-hydrogen) atoms. The molecule has 98 valence electrons. The van der Waals surface area contributed by atoms with E-state index in [1.165, 1.54) is 18.6 Å². The molecular weight excluding hydrogens is 299 g/mol. The number of nitrogens with zero attached hydrogens (tertiary/aromatic N) is 1. The van der Waals surface area contributed by atoms with E-state index in [4.69, 9.17) is 0 Å². The summed E-state index contributed by atoms with van der Waals surface area (Å²) in [6.45, 7) is 1.68. The largest absolute Gasteiger partial charge is 0.350 e. The van der Waals surface area contributed by atoms with Crippen LogP contribution in [0.3, 0.4) is 0 Å². The Bertz CT molecular complexity index is 453. The molecule has 2 rings (SSSR count). The third-order valence-electron chi connectivity index (χ3n) is 3.37. The fourth-order valence-electron chi connectivity index (χ4n) is 2.22. The molecule has 1 unspecified atom stereocenters. The lowest BCUT2D eigenvalue weighted by molar-refractivity contribution is 0.0942. The summed E-state index contributed by atoms with van der Waals surface area (Å²) in [5, 5.41) is 2.86. The molecule has 0 saturated carbocycles. The molecule has 1 aliphatic heterocycles. The van der Waals surface area contributed by atoms with Gasteiger partial charge in [-0.2, -0.15) is 0 Å². The minimum absolute atomic E-state index is 0.224. The number of halogens is 2. The Hall–Kier alpha value is -0.940. The Morgan fingerprint density at radius 3 is 3.06 bits per heavy atom. The maximum atomic E-state index is 13.3. The van der Waals surface area contributed by atoms with Gasteiger partial charge in [-0.25, -0.2) is 4.39 Å². The number of rotatable bonds is 3. The Morgan fingerprint density at radius 1 is 1.61 bits per heavy atom. The maximum absolute atomic E-state index is 13.3. The van der Waals surface area contributed by atoms with E-state index in [0.717, 1.165) is 13.0 Å². The Labute approximate surface area is 114 Å². The molecule has 0 bridgehead atoms. The van der Waals surface area contributed by atoms with E-state index in [1.807, 2.05) is 0 Å². The molecule has 0 spiro atoms. The van der Waals surface area contributed by atoms with Gasteiger partial charge in [-0.15, -0.1) is 0 Å². The number of hydrogen-bond donors (Lipinski definition) is 1. The molecule has 1 heterocycles. The van der Waals surface area contributed by atoms with Crippen LogP contribution in [0.25, 0.3) is 0 Å². The number of hydrogen-bond acceptors (Lipinski definition) is 2. The van der Waals surface area contributed by atoms with Crippen LogP contribution in [0, 0.1) is 5.82 Å². The highest BCUT2D eigenvalue weighted by Crippen LogP contribution is 2.20. The van der Waals surface area contributed by atoms with Crippen LogP contribution in [0.5, 0.6) is 0 Å². The van der Waals surface area contributed by atoms with Crippen LogP contribution in [-0.4, -0.2) is 37.0 Å². The lowest BCUT2D eigenvalue weighted by Gasteiger charge is -2.19. The minimum atomic E-state index is -0.416. The predicted octanol–water partition coefficient (Wildman–Crippen LogP) is 2.41. The summed E-state index contributed by atoms with van der Waals surface area (Å²) in [7, 11) is 2.06. The molecule has 0 aromatic heterocycles. The second kappa shape index (κ2) is 5.80. The van der Waals surface area contributed by atoms with E-state index in [1.54, 1.807) is 6.07 Å². The number of likely N-dealkylation sites (N-methyl/N-ethyl adjacent to an activating group) is 1. The topological polar surface area (TPSA) is 32.3 Å². The van der Waals surface area contributed by atoms with Crippen molar-refractivity contribution in [2.45, 2.75) is 18.9 Å². The molecule has 5 heteroatoms. The van der Waals surface area contributed by atoms with Crippen molar-refractivity contribution >= 4 is 21.8 Å². The van der Waals surface area contributed by atoms with E-state index >= 15 is 0 Å². The molecule has 1 N–H and O–H groups in total. The first kappa shape index (κ1) is 13.5. The predicted molar refractivity (Wildman–Crippen MR) is 72.1 cm³/mol. The quantitative estimate of drug-likeness (QED) is 0.929. The van der Waals surface area contributed by atoms with Gasteiger partial charge >= 0.3 is 0 Å². The number of nitrogens with one attached hydrogen (secondary N) is 1. The zero-order valence-electron chi connectivity index (χ0n) is 10.2. The molecule has 3 nitrogen and oxygen atoms in total. The van der Waals surface area contributed by atoms with Gasteiger partial charge in [-0.3, -0.25) is 4.79 Å². The first-order valence-corrected chi connectivity index (χ1v) is 6.81. The van der Waals surface area contributed by atoms with Crippen LogP contribution in [0.2, 0.25) is 0 Å². The Balaban J connectivity index is 1.97. The molecule has 0 radical (unpaired) electrons. The third-order valence-corrected chi connectivity index (χ3v) is 4.17. The zero-order chi connectivity index (χ0) is 13.1. The lowest BCUT2D eigenvalue weighted by Crippen LogP contribution is -2.38. The van der Waals surface area contributed by atoms with Crippen molar-refractivity contribution in [1.82, 2.24) is 10.2 Å². The number of benzene rings is 1. The van der Waals surface area contributed by atoms with Crippen molar-refractivity contribution in [3.05, 3.63) is 34.1 Å². The van der Waals surface area contributed by atoms with Crippen molar-refractivity contribution in [3.63, 3.8) is 0 Å². The molecule has 1 aromatic rings. The Morgan fingerprint density at radius 2 is 2.39 bits per heavy atom. The summed E-state index contributed by atoms with van der Waals surface area (Å²) in [5.74, 6) is -0.651. The lowest BCUT2D eigenvalue weighted by atomic mass is 10.2. The van der Waals surface area contributed by atoms with E-state index in [0.29, 0.717) is 18.2 Å². The maximum Gasteiger partial charge on any atom is 0.252 e. The van der Waals surface area contributed by atoms with Gasteiger partial charge in [-0.05, 0) is 54.5 Å². The first-order valence-electron chi connectivity index (χ1n) is 6.02. The van der Waals surface area contributed by atoms with E-state index in [9.17, 15) is 9.18 Å². The van der Waals surface area contributed by atoms with Crippen LogP contribution in [0.15, 0.2) is 22.7 Å². The highest BCUT2D eigenvalue weighted by atomic mass is 79.9. The van der Waals surface area contributed by atoms with E-state index in [-0.39, 0.29) is 10.4 Å². The van der Waals surface area contributed by atoms with Gasteiger partial charge in [0.2, 0.25) is 0 Å². The average Bonchev–Trinajstić information content (AvgIpc) is 2.75.